The van der Waals surface area contributed by atoms with Gasteiger partial charge in [0.1, 0.15) is 0 Å². The standard InChI is InChI=1S/C10H7BrF2S/c1-5-6-3-2-4-7(11)9(6)14-8(5)10(12)13/h2-4,10H,1H3. The topological polar surface area (TPSA) is 0 Å². The molecule has 0 amide bonds. The molecule has 2 aromatic rings. The van der Waals surface area contributed by atoms with E-state index in [4.69, 9.17) is 0 Å². The molecule has 0 bridgehead atoms. The van der Waals surface area contributed by atoms with E-state index in [1.54, 1.807) is 6.92 Å². The van der Waals surface area contributed by atoms with E-state index in [0.29, 0.717) is 5.56 Å². The van der Waals surface area contributed by atoms with Gasteiger partial charge in [-0.1, -0.05) is 12.1 Å². The van der Waals surface area contributed by atoms with Gasteiger partial charge in [0, 0.05) is 9.17 Å². The first-order chi connectivity index (χ1) is 6.61. The second-order valence-electron chi connectivity index (χ2n) is 3.01. The highest BCUT2D eigenvalue weighted by atomic mass is 79.9. The van der Waals surface area contributed by atoms with E-state index in [2.05, 4.69) is 15.9 Å². The van der Waals surface area contributed by atoms with Crippen molar-refractivity contribution in [1.82, 2.24) is 0 Å². The maximum atomic E-state index is 12.6. The van der Waals surface area contributed by atoms with Gasteiger partial charge in [0.05, 0.1) is 4.88 Å². The molecule has 4 heteroatoms. The minimum absolute atomic E-state index is 0.173. The lowest BCUT2D eigenvalue weighted by molar-refractivity contribution is 0.155. The highest BCUT2D eigenvalue weighted by Crippen LogP contribution is 2.39. The lowest BCUT2D eigenvalue weighted by Crippen LogP contribution is -1.80. The van der Waals surface area contributed by atoms with Crippen molar-refractivity contribution >= 4 is 37.4 Å². The molecule has 0 aliphatic rings. The van der Waals surface area contributed by atoms with Crippen molar-refractivity contribution in [3.8, 4) is 0 Å². The van der Waals surface area contributed by atoms with Crippen LogP contribution in [0.25, 0.3) is 10.1 Å². The van der Waals surface area contributed by atoms with E-state index >= 15 is 0 Å². The van der Waals surface area contributed by atoms with Gasteiger partial charge in [-0.15, -0.1) is 11.3 Å². The number of fused-ring (bicyclic) bond motifs is 1. The number of aryl methyl sites for hydroxylation is 1. The van der Waals surface area contributed by atoms with Crippen LogP contribution >= 0.6 is 27.3 Å². The highest BCUT2D eigenvalue weighted by molar-refractivity contribution is 9.10. The first kappa shape index (κ1) is 10.1. The Morgan fingerprint density at radius 2 is 2.07 bits per heavy atom. The second-order valence-corrected chi connectivity index (χ2v) is 4.92. The molecule has 2 rings (SSSR count). The molecule has 0 aliphatic carbocycles. The van der Waals surface area contributed by atoms with Gasteiger partial charge < -0.3 is 0 Å². The number of benzene rings is 1. The third-order valence-corrected chi connectivity index (χ3v) is 4.42. The molecule has 0 saturated heterocycles. The van der Waals surface area contributed by atoms with Crippen LogP contribution in [0.15, 0.2) is 22.7 Å². The van der Waals surface area contributed by atoms with Gasteiger partial charge in [-0.05, 0) is 39.9 Å². The fourth-order valence-corrected chi connectivity index (χ4v) is 3.11. The van der Waals surface area contributed by atoms with Crippen molar-refractivity contribution in [1.29, 1.82) is 0 Å². The fourth-order valence-electron chi connectivity index (χ4n) is 1.44. The van der Waals surface area contributed by atoms with Crippen molar-refractivity contribution in [2.45, 2.75) is 13.3 Å². The maximum Gasteiger partial charge on any atom is 0.273 e. The van der Waals surface area contributed by atoms with Gasteiger partial charge in [-0.25, -0.2) is 8.78 Å². The van der Waals surface area contributed by atoms with Gasteiger partial charge in [-0.3, -0.25) is 0 Å². The molecule has 1 heterocycles. The number of hydrogen-bond donors (Lipinski definition) is 0. The molecule has 1 aromatic heterocycles. The highest BCUT2D eigenvalue weighted by Gasteiger charge is 2.17. The Balaban J connectivity index is 2.80. The van der Waals surface area contributed by atoms with Crippen molar-refractivity contribution in [2.24, 2.45) is 0 Å². The first-order valence-electron chi connectivity index (χ1n) is 4.07. The fraction of sp³-hybridized carbons (Fsp3) is 0.200. The Morgan fingerprint density at radius 1 is 1.36 bits per heavy atom. The number of thiophene rings is 1. The van der Waals surface area contributed by atoms with Crippen molar-refractivity contribution in [2.75, 3.05) is 0 Å². The number of hydrogen-bond acceptors (Lipinski definition) is 1. The molecule has 0 radical (unpaired) electrons. The second kappa shape index (κ2) is 3.59. The Morgan fingerprint density at radius 3 is 2.64 bits per heavy atom. The molecule has 0 unspecified atom stereocenters. The summed E-state index contributed by atoms with van der Waals surface area (Å²) in [5, 5.41) is 0.916. The minimum atomic E-state index is -2.38. The minimum Gasteiger partial charge on any atom is -0.204 e. The van der Waals surface area contributed by atoms with E-state index in [1.807, 2.05) is 18.2 Å². The van der Waals surface area contributed by atoms with Crippen LogP contribution in [-0.4, -0.2) is 0 Å². The molecular weight excluding hydrogens is 270 g/mol. The summed E-state index contributed by atoms with van der Waals surface area (Å²) in [5.41, 5.74) is 0.696. The predicted octanol–water partition coefficient (Wildman–Crippen LogP) is 4.91. The number of rotatable bonds is 1. The summed E-state index contributed by atoms with van der Waals surface area (Å²) in [7, 11) is 0. The number of halogens is 3. The van der Waals surface area contributed by atoms with Crippen LogP contribution in [0.3, 0.4) is 0 Å². The van der Waals surface area contributed by atoms with Crippen LogP contribution in [0, 0.1) is 6.92 Å². The average Bonchev–Trinajstić information content (AvgIpc) is 2.46. The predicted molar refractivity (Wildman–Crippen MR) is 59.2 cm³/mol. The van der Waals surface area contributed by atoms with Crippen LogP contribution in [-0.2, 0) is 0 Å². The molecule has 0 aliphatic heterocycles. The zero-order chi connectivity index (χ0) is 10.3. The molecule has 0 spiro atoms. The van der Waals surface area contributed by atoms with Crippen LogP contribution in [0.1, 0.15) is 16.9 Å². The zero-order valence-corrected chi connectivity index (χ0v) is 9.75. The van der Waals surface area contributed by atoms with Gasteiger partial charge in [0.15, 0.2) is 0 Å². The Hall–Kier alpha value is -0.480. The maximum absolute atomic E-state index is 12.6. The summed E-state index contributed by atoms with van der Waals surface area (Å²) in [5.74, 6) is 0. The lowest BCUT2D eigenvalue weighted by atomic mass is 10.1. The van der Waals surface area contributed by atoms with Gasteiger partial charge in [0.25, 0.3) is 6.43 Å². The van der Waals surface area contributed by atoms with Crippen LogP contribution < -0.4 is 0 Å². The van der Waals surface area contributed by atoms with Crippen molar-refractivity contribution in [3.05, 3.63) is 33.1 Å². The van der Waals surface area contributed by atoms with E-state index in [0.717, 1.165) is 25.9 Å². The molecule has 0 saturated carbocycles. The van der Waals surface area contributed by atoms with E-state index in [1.165, 1.54) is 0 Å². The Labute approximate surface area is 92.7 Å². The molecule has 0 N–H and O–H groups in total. The lowest BCUT2D eigenvalue weighted by Gasteiger charge is -1.95. The molecular formula is C10H7BrF2S. The monoisotopic (exact) mass is 276 g/mol. The van der Waals surface area contributed by atoms with Crippen LogP contribution in [0.5, 0.6) is 0 Å². The normalized spacial score (nSPS) is 11.5. The summed E-state index contributed by atoms with van der Waals surface area (Å²) in [4.78, 5) is 0.173. The van der Waals surface area contributed by atoms with Gasteiger partial charge in [0.2, 0.25) is 0 Å². The molecule has 0 atom stereocenters. The number of alkyl halides is 2. The van der Waals surface area contributed by atoms with Crippen molar-refractivity contribution < 1.29 is 8.78 Å². The summed E-state index contributed by atoms with van der Waals surface area (Å²) < 4.78 is 27.0. The molecule has 14 heavy (non-hydrogen) atoms. The van der Waals surface area contributed by atoms with Gasteiger partial charge >= 0.3 is 0 Å². The molecule has 0 fully saturated rings. The van der Waals surface area contributed by atoms with E-state index < -0.39 is 6.43 Å². The molecule has 0 nitrogen and oxygen atoms in total. The van der Waals surface area contributed by atoms with Crippen molar-refractivity contribution in [3.63, 3.8) is 0 Å². The average molecular weight is 277 g/mol. The van der Waals surface area contributed by atoms with E-state index in [9.17, 15) is 8.78 Å². The summed E-state index contributed by atoms with van der Waals surface area (Å²) in [6.07, 6.45) is -2.38. The third-order valence-electron chi connectivity index (χ3n) is 2.15. The smallest absolute Gasteiger partial charge is 0.204 e. The quantitative estimate of drug-likeness (QED) is 0.694. The van der Waals surface area contributed by atoms with Gasteiger partial charge in [-0.2, -0.15) is 0 Å². The Bertz CT molecular complexity index is 476. The largest absolute Gasteiger partial charge is 0.273 e. The Kier molecular flexibility index (Phi) is 2.58. The van der Waals surface area contributed by atoms with Crippen LogP contribution in [0.4, 0.5) is 8.78 Å². The van der Waals surface area contributed by atoms with Crippen LogP contribution in [0.2, 0.25) is 0 Å². The SMILES string of the molecule is Cc1c(C(F)F)sc2c(Br)cccc12. The zero-order valence-electron chi connectivity index (χ0n) is 7.35. The summed E-state index contributed by atoms with van der Waals surface area (Å²) in [6.45, 7) is 1.74. The third kappa shape index (κ3) is 1.46. The van der Waals surface area contributed by atoms with E-state index in [-0.39, 0.29) is 4.88 Å². The molecule has 74 valence electrons. The molecule has 1 aromatic carbocycles. The summed E-state index contributed by atoms with van der Waals surface area (Å²) in [6, 6.07) is 5.60. The summed E-state index contributed by atoms with van der Waals surface area (Å²) >= 11 is 4.52. The first-order valence-corrected chi connectivity index (χ1v) is 5.68.